The van der Waals surface area contributed by atoms with Crippen LogP contribution in [-0.2, 0) is 10.0 Å². The first-order valence-corrected chi connectivity index (χ1v) is 8.09. The molecule has 1 fully saturated rings. The molecule has 1 aromatic rings. The third-order valence-corrected chi connectivity index (χ3v) is 4.56. The molecule has 0 aliphatic carbocycles. The number of carbonyl (C=O) groups excluding carboxylic acids is 1. The van der Waals surface area contributed by atoms with E-state index in [1.165, 1.54) is 22.8 Å². The van der Waals surface area contributed by atoms with Crippen molar-refractivity contribution in [1.82, 2.24) is 14.2 Å². The molecule has 1 amide bonds. The van der Waals surface area contributed by atoms with Gasteiger partial charge in [0.05, 0.1) is 11.8 Å². The van der Waals surface area contributed by atoms with Gasteiger partial charge in [0.15, 0.2) is 0 Å². The Bertz CT molecular complexity index is 644. The lowest BCUT2D eigenvalue weighted by Crippen LogP contribution is -2.37. The SMILES string of the molecule is CS(=O)(=O)N1CCCN(C(=O)c2cc(C#N)c[nH]2)CC1. The molecule has 1 saturated heterocycles. The number of nitrogens with one attached hydrogen (secondary N) is 1. The Morgan fingerprint density at radius 1 is 1.35 bits per heavy atom. The van der Waals surface area contributed by atoms with Crippen molar-refractivity contribution in [3.63, 3.8) is 0 Å². The summed E-state index contributed by atoms with van der Waals surface area (Å²) in [6.07, 6.45) is 3.26. The van der Waals surface area contributed by atoms with Gasteiger partial charge in [-0.15, -0.1) is 0 Å². The molecule has 0 spiro atoms. The number of nitriles is 1. The standard InChI is InChI=1S/C12H16N4O3S/c1-20(18,19)16-4-2-3-15(5-6-16)12(17)11-7-10(8-13)9-14-11/h7,9,14H,2-6H2,1H3. The van der Waals surface area contributed by atoms with Gasteiger partial charge in [0.25, 0.3) is 5.91 Å². The van der Waals surface area contributed by atoms with Gasteiger partial charge in [0.1, 0.15) is 11.8 Å². The smallest absolute Gasteiger partial charge is 0.270 e. The number of H-pyrrole nitrogens is 1. The number of nitrogens with zero attached hydrogens (tertiary/aromatic N) is 3. The summed E-state index contributed by atoms with van der Waals surface area (Å²) in [5.74, 6) is -0.207. The summed E-state index contributed by atoms with van der Waals surface area (Å²) in [6.45, 7) is 1.59. The maximum atomic E-state index is 12.3. The number of hydrogen-bond acceptors (Lipinski definition) is 4. The summed E-state index contributed by atoms with van der Waals surface area (Å²) >= 11 is 0. The molecular weight excluding hydrogens is 280 g/mol. The van der Waals surface area contributed by atoms with Crippen LogP contribution < -0.4 is 0 Å². The second-order valence-electron chi connectivity index (χ2n) is 4.72. The van der Waals surface area contributed by atoms with E-state index in [1.54, 1.807) is 4.90 Å². The third kappa shape index (κ3) is 3.18. The summed E-state index contributed by atoms with van der Waals surface area (Å²) in [5, 5.41) is 8.74. The number of aromatic nitrogens is 1. The highest BCUT2D eigenvalue weighted by molar-refractivity contribution is 7.88. The number of rotatable bonds is 2. The maximum Gasteiger partial charge on any atom is 0.270 e. The zero-order chi connectivity index (χ0) is 14.8. The van der Waals surface area contributed by atoms with Crippen LogP contribution in [0.25, 0.3) is 0 Å². The summed E-state index contributed by atoms with van der Waals surface area (Å²) in [4.78, 5) is 16.6. The predicted molar refractivity (Wildman–Crippen MR) is 72.4 cm³/mol. The van der Waals surface area contributed by atoms with Gasteiger partial charge < -0.3 is 9.88 Å². The van der Waals surface area contributed by atoms with Crippen LogP contribution in [0.2, 0.25) is 0 Å². The Kier molecular flexibility index (Phi) is 4.11. The lowest BCUT2D eigenvalue weighted by atomic mass is 10.3. The Labute approximate surface area is 117 Å². The van der Waals surface area contributed by atoms with Crippen molar-refractivity contribution in [3.8, 4) is 6.07 Å². The van der Waals surface area contributed by atoms with E-state index in [0.29, 0.717) is 43.9 Å². The number of sulfonamides is 1. The summed E-state index contributed by atoms with van der Waals surface area (Å²) in [7, 11) is -3.22. The molecule has 108 valence electrons. The minimum atomic E-state index is -3.22. The lowest BCUT2D eigenvalue weighted by molar-refractivity contribution is 0.0759. The van der Waals surface area contributed by atoms with E-state index >= 15 is 0 Å². The zero-order valence-electron chi connectivity index (χ0n) is 11.2. The first-order chi connectivity index (χ1) is 9.41. The van der Waals surface area contributed by atoms with Gasteiger partial charge in [-0.25, -0.2) is 12.7 Å². The van der Waals surface area contributed by atoms with Crippen LogP contribution in [0.15, 0.2) is 12.3 Å². The second kappa shape index (κ2) is 5.64. The van der Waals surface area contributed by atoms with Crippen molar-refractivity contribution < 1.29 is 13.2 Å². The third-order valence-electron chi connectivity index (χ3n) is 3.25. The molecular formula is C12H16N4O3S. The molecule has 7 nitrogen and oxygen atoms in total. The van der Waals surface area contributed by atoms with Gasteiger partial charge >= 0.3 is 0 Å². The van der Waals surface area contributed by atoms with E-state index in [-0.39, 0.29) is 5.91 Å². The molecule has 1 aliphatic rings. The molecule has 20 heavy (non-hydrogen) atoms. The fourth-order valence-corrected chi connectivity index (χ4v) is 3.06. The molecule has 1 aromatic heterocycles. The maximum absolute atomic E-state index is 12.3. The van der Waals surface area contributed by atoms with Crippen LogP contribution >= 0.6 is 0 Å². The van der Waals surface area contributed by atoms with E-state index in [4.69, 9.17) is 5.26 Å². The molecule has 1 N–H and O–H groups in total. The first kappa shape index (κ1) is 14.6. The summed E-state index contributed by atoms with van der Waals surface area (Å²) in [6, 6.07) is 3.46. The fourth-order valence-electron chi connectivity index (χ4n) is 2.18. The topological polar surface area (TPSA) is 97.3 Å². The normalized spacial score (nSPS) is 17.5. The van der Waals surface area contributed by atoms with Crippen LogP contribution in [0.4, 0.5) is 0 Å². The van der Waals surface area contributed by atoms with Gasteiger partial charge in [0, 0.05) is 32.4 Å². The molecule has 2 rings (SSSR count). The Hall–Kier alpha value is -1.85. The quantitative estimate of drug-likeness (QED) is 0.830. The van der Waals surface area contributed by atoms with E-state index in [0.717, 1.165) is 0 Å². The van der Waals surface area contributed by atoms with Gasteiger partial charge in [0.2, 0.25) is 10.0 Å². The summed E-state index contributed by atoms with van der Waals surface area (Å²) < 4.78 is 24.4. The zero-order valence-corrected chi connectivity index (χ0v) is 12.0. The molecule has 0 unspecified atom stereocenters. The van der Waals surface area contributed by atoms with Crippen molar-refractivity contribution >= 4 is 15.9 Å². The van der Waals surface area contributed by atoms with Gasteiger partial charge in [-0.05, 0) is 12.5 Å². The highest BCUT2D eigenvalue weighted by Gasteiger charge is 2.24. The molecule has 0 radical (unpaired) electrons. The Morgan fingerprint density at radius 2 is 2.10 bits per heavy atom. The minimum absolute atomic E-state index is 0.207. The molecule has 0 saturated carbocycles. The van der Waals surface area contributed by atoms with Crippen LogP contribution in [0.5, 0.6) is 0 Å². The number of carbonyl (C=O) groups is 1. The largest absolute Gasteiger partial charge is 0.356 e. The molecule has 0 aromatic carbocycles. The monoisotopic (exact) mass is 296 g/mol. The molecule has 8 heteroatoms. The van der Waals surface area contributed by atoms with E-state index in [2.05, 4.69) is 4.98 Å². The predicted octanol–water partition coefficient (Wildman–Crippen LogP) is -0.00612. The molecule has 2 heterocycles. The number of aromatic amines is 1. The fraction of sp³-hybridized carbons (Fsp3) is 0.500. The van der Waals surface area contributed by atoms with Crippen molar-refractivity contribution in [2.45, 2.75) is 6.42 Å². The first-order valence-electron chi connectivity index (χ1n) is 6.25. The van der Waals surface area contributed by atoms with E-state index in [9.17, 15) is 13.2 Å². The van der Waals surface area contributed by atoms with Crippen LogP contribution in [0.1, 0.15) is 22.5 Å². The highest BCUT2D eigenvalue weighted by atomic mass is 32.2. The van der Waals surface area contributed by atoms with E-state index in [1.807, 2.05) is 6.07 Å². The Morgan fingerprint density at radius 3 is 2.70 bits per heavy atom. The second-order valence-corrected chi connectivity index (χ2v) is 6.70. The van der Waals surface area contributed by atoms with Crippen molar-refractivity contribution in [3.05, 3.63) is 23.5 Å². The van der Waals surface area contributed by atoms with Gasteiger partial charge in [-0.1, -0.05) is 0 Å². The van der Waals surface area contributed by atoms with Crippen molar-refractivity contribution in [2.75, 3.05) is 32.4 Å². The lowest BCUT2D eigenvalue weighted by Gasteiger charge is -2.20. The van der Waals surface area contributed by atoms with E-state index < -0.39 is 10.0 Å². The average Bonchev–Trinajstić information content (AvgIpc) is 2.72. The van der Waals surface area contributed by atoms with Gasteiger partial charge in [-0.3, -0.25) is 4.79 Å². The van der Waals surface area contributed by atoms with Crippen LogP contribution in [0, 0.1) is 11.3 Å². The highest BCUT2D eigenvalue weighted by Crippen LogP contribution is 2.11. The van der Waals surface area contributed by atoms with Crippen LogP contribution in [0.3, 0.4) is 0 Å². The van der Waals surface area contributed by atoms with Crippen molar-refractivity contribution in [2.24, 2.45) is 0 Å². The molecule has 0 atom stereocenters. The molecule has 0 bridgehead atoms. The van der Waals surface area contributed by atoms with Crippen LogP contribution in [-0.4, -0.2) is 60.9 Å². The molecule has 1 aliphatic heterocycles. The minimum Gasteiger partial charge on any atom is -0.356 e. The average molecular weight is 296 g/mol. The Balaban J connectivity index is 2.07. The van der Waals surface area contributed by atoms with Gasteiger partial charge in [-0.2, -0.15) is 5.26 Å². The summed E-state index contributed by atoms with van der Waals surface area (Å²) in [5.41, 5.74) is 0.760. The number of hydrogen-bond donors (Lipinski definition) is 1. The van der Waals surface area contributed by atoms with Crippen molar-refractivity contribution in [1.29, 1.82) is 5.26 Å². The number of amides is 1.